The molecule has 0 unspecified atom stereocenters. The molecule has 0 aliphatic carbocycles. The van der Waals surface area contributed by atoms with E-state index in [0.29, 0.717) is 6.54 Å². The lowest BCUT2D eigenvalue weighted by Gasteiger charge is -2.26. The summed E-state index contributed by atoms with van der Waals surface area (Å²) in [5.41, 5.74) is 0. The van der Waals surface area contributed by atoms with E-state index in [-0.39, 0.29) is 19.1 Å². The Morgan fingerprint density at radius 2 is 1.92 bits per heavy atom. The van der Waals surface area contributed by atoms with Crippen LogP contribution in [-0.2, 0) is 0 Å². The number of hydrogen-bond acceptors (Lipinski definition) is 2. The zero-order chi connectivity index (χ0) is 10.5. The number of hydrogen-bond donors (Lipinski definition) is 1. The molecule has 0 spiro atoms. The van der Waals surface area contributed by atoms with E-state index in [1.807, 2.05) is 20.8 Å². The summed E-state index contributed by atoms with van der Waals surface area (Å²) >= 11 is 0. The quantitative estimate of drug-likeness (QED) is 0.690. The Balaban J connectivity index is 3.86. The van der Waals surface area contributed by atoms with Gasteiger partial charge < -0.3 is 5.32 Å². The molecule has 0 saturated carbocycles. The first-order chi connectivity index (χ1) is 5.89. The number of nitrogens with one attached hydrogen (secondary N) is 1. The summed E-state index contributed by atoms with van der Waals surface area (Å²) in [6.45, 7) is 5.80. The van der Waals surface area contributed by atoms with Crippen LogP contribution in [0.25, 0.3) is 0 Å². The third-order valence-corrected chi connectivity index (χ3v) is 2.00. The van der Waals surface area contributed by atoms with E-state index in [9.17, 15) is 8.78 Å². The van der Waals surface area contributed by atoms with Gasteiger partial charge in [0, 0.05) is 6.04 Å². The number of halogens is 2. The molecule has 0 fully saturated rings. The average Bonchev–Trinajstić information content (AvgIpc) is 2.00. The van der Waals surface area contributed by atoms with Gasteiger partial charge in [0.05, 0.1) is 13.1 Å². The summed E-state index contributed by atoms with van der Waals surface area (Å²) in [5, 5.41) is 2.66. The second-order valence-corrected chi connectivity index (χ2v) is 3.65. The van der Waals surface area contributed by atoms with E-state index < -0.39 is 5.92 Å². The third-order valence-electron chi connectivity index (χ3n) is 2.00. The highest BCUT2D eigenvalue weighted by Crippen LogP contribution is 2.14. The van der Waals surface area contributed by atoms with Gasteiger partial charge >= 0.3 is 0 Å². The summed E-state index contributed by atoms with van der Waals surface area (Å²) < 4.78 is 26.2. The summed E-state index contributed by atoms with van der Waals surface area (Å²) in [6.07, 6.45) is 0. The molecule has 80 valence electrons. The molecule has 0 aromatic rings. The van der Waals surface area contributed by atoms with Gasteiger partial charge in [0.2, 0.25) is 0 Å². The normalized spacial score (nSPS) is 12.9. The molecule has 0 heterocycles. The van der Waals surface area contributed by atoms with E-state index in [1.165, 1.54) is 0 Å². The van der Waals surface area contributed by atoms with Gasteiger partial charge in [-0.05, 0) is 27.4 Å². The minimum atomic E-state index is -2.63. The topological polar surface area (TPSA) is 15.3 Å². The van der Waals surface area contributed by atoms with Gasteiger partial charge in [-0.25, -0.2) is 8.78 Å². The fraction of sp³-hybridized carbons (Fsp3) is 1.00. The largest absolute Gasteiger partial charge is 0.311 e. The zero-order valence-electron chi connectivity index (χ0n) is 8.90. The fourth-order valence-corrected chi connectivity index (χ4v) is 0.911. The van der Waals surface area contributed by atoms with Crippen LogP contribution < -0.4 is 5.32 Å². The molecule has 0 atom stereocenters. The maximum Gasteiger partial charge on any atom is 0.272 e. The predicted molar refractivity (Wildman–Crippen MR) is 51.3 cm³/mol. The van der Waals surface area contributed by atoms with Gasteiger partial charge in [-0.1, -0.05) is 6.92 Å². The highest BCUT2D eigenvalue weighted by Gasteiger charge is 2.30. The van der Waals surface area contributed by atoms with Gasteiger partial charge in [-0.15, -0.1) is 0 Å². The van der Waals surface area contributed by atoms with E-state index in [2.05, 4.69) is 5.32 Å². The van der Waals surface area contributed by atoms with Crippen LogP contribution in [0.3, 0.4) is 0 Å². The van der Waals surface area contributed by atoms with Gasteiger partial charge in [0.1, 0.15) is 0 Å². The monoisotopic (exact) mass is 194 g/mol. The Morgan fingerprint density at radius 3 is 2.31 bits per heavy atom. The Kier molecular flexibility index (Phi) is 5.40. The van der Waals surface area contributed by atoms with Crippen molar-refractivity contribution in [1.29, 1.82) is 0 Å². The molecule has 0 saturated heterocycles. The van der Waals surface area contributed by atoms with Crippen molar-refractivity contribution in [1.82, 2.24) is 10.2 Å². The van der Waals surface area contributed by atoms with Crippen molar-refractivity contribution in [2.75, 3.05) is 26.7 Å². The number of rotatable bonds is 6. The van der Waals surface area contributed by atoms with Crippen LogP contribution in [0.1, 0.15) is 20.8 Å². The molecule has 0 radical (unpaired) electrons. The van der Waals surface area contributed by atoms with E-state index in [1.54, 1.807) is 11.9 Å². The molecular formula is C9H20F2N2. The number of alkyl halides is 2. The molecule has 0 rings (SSSR count). The Morgan fingerprint density at radius 1 is 1.38 bits per heavy atom. The van der Waals surface area contributed by atoms with Crippen molar-refractivity contribution in [2.24, 2.45) is 0 Å². The van der Waals surface area contributed by atoms with Crippen molar-refractivity contribution >= 4 is 0 Å². The van der Waals surface area contributed by atoms with Crippen molar-refractivity contribution in [3.05, 3.63) is 0 Å². The minimum Gasteiger partial charge on any atom is -0.311 e. The van der Waals surface area contributed by atoms with Gasteiger partial charge in [0.25, 0.3) is 5.92 Å². The summed E-state index contributed by atoms with van der Waals surface area (Å²) in [7, 11) is 1.71. The summed E-state index contributed by atoms with van der Waals surface area (Å²) in [5.74, 6) is -2.63. The molecule has 0 aliphatic heterocycles. The van der Waals surface area contributed by atoms with Crippen LogP contribution in [0.15, 0.2) is 0 Å². The predicted octanol–water partition coefficient (Wildman–Crippen LogP) is 1.57. The first kappa shape index (κ1) is 12.8. The Hall–Kier alpha value is -0.220. The molecule has 0 amide bonds. The molecule has 0 aromatic heterocycles. The number of nitrogens with zero attached hydrogens (tertiary/aromatic N) is 1. The van der Waals surface area contributed by atoms with Gasteiger partial charge in [0.15, 0.2) is 0 Å². The molecule has 0 bridgehead atoms. The molecule has 13 heavy (non-hydrogen) atoms. The van der Waals surface area contributed by atoms with Crippen LogP contribution >= 0.6 is 0 Å². The molecular weight excluding hydrogens is 174 g/mol. The molecule has 0 aromatic carbocycles. The summed E-state index contributed by atoms with van der Waals surface area (Å²) in [4.78, 5) is 1.65. The zero-order valence-corrected chi connectivity index (χ0v) is 8.90. The van der Waals surface area contributed by atoms with Gasteiger partial charge in [-0.2, -0.15) is 0 Å². The van der Waals surface area contributed by atoms with E-state index >= 15 is 0 Å². The molecule has 4 heteroatoms. The van der Waals surface area contributed by atoms with Crippen molar-refractivity contribution in [2.45, 2.75) is 32.7 Å². The lowest BCUT2D eigenvalue weighted by atomic mass is 10.2. The van der Waals surface area contributed by atoms with Crippen LogP contribution in [0.2, 0.25) is 0 Å². The van der Waals surface area contributed by atoms with Crippen LogP contribution in [0, 0.1) is 0 Å². The highest BCUT2D eigenvalue weighted by molar-refractivity contribution is 4.74. The molecule has 2 nitrogen and oxygen atoms in total. The van der Waals surface area contributed by atoms with Gasteiger partial charge in [-0.3, -0.25) is 4.90 Å². The fourth-order valence-electron chi connectivity index (χ4n) is 0.911. The third kappa shape index (κ3) is 5.93. The van der Waals surface area contributed by atoms with Crippen LogP contribution in [-0.4, -0.2) is 43.5 Å². The highest BCUT2D eigenvalue weighted by atomic mass is 19.3. The second kappa shape index (κ2) is 5.50. The van der Waals surface area contributed by atoms with Crippen LogP contribution in [0.4, 0.5) is 8.78 Å². The first-order valence-corrected chi connectivity index (χ1v) is 4.68. The standard InChI is InChI=1S/C9H20F2N2/c1-5-12-6-9(10,11)7-13(4)8(2)3/h8,12H,5-7H2,1-4H3. The Bertz CT molecular complexity index is 138. The van der Waals surface area contributed by atoms with E-state index in [4.69, 9.17) is 0 Å². The maximum absolute atomic E-state index is 13.1. The van der Waals surface area contributed by atoms with Crippen molar-refractivity contribution in [3.63, 3.8) is 0 Å². The Labute approximate surface area is 79.3 Å². The summed E-state index contributed by atoms with van der Waals surface area (Å²) in [6, 6.07) is 0.160. The second-order valence-electron chi connectivity index (χ2n) is 3.65. The SMILES string of the molecule is CCNCC(F)(F)CN(C)C(C)C. The average molecular weight is 194 g/mol. The van der Waals surface area contributed by atoms with Crippen LogP contribution in [0.5, 0.6) is 0 Å². The van der Waals surface area contributed by atoms with Crippen molar-refractivity contribution in [3.8, 4) is 0 Å². The lowest BCUT2D eigenvalue weighted by molar-refractivity contribution is -0.0304. The van der Waals surface area contributed by atoms with Crippen molar-refractivity contribution < 1.29 is 8.78 Å². The maximum atomic E-state index is 13.1. The lowest BCUT2D eigenvalue weighted by Crippen LogP contribution is -2.44. The molecule has 0 aliphatic rings. The smallest absolute Gasteiger partial charge is 0.272 e. The first-order valence-electron chi connectivity index (χ1n) is 4.68. The molecule has 1 N–H and O–H groups in total. The van der Waals surface area contributed by atoms with E-state index in [0.717, 1.165) is 0 Å². The minimum absolute atomic E-state index is 0.160.